The molecule has 4 nitrogen and oxygen atoms in total. The molecule has 2 atom stereocenters. The normalized spacial score (nSPS) is 22.7. The van der Waals surface area contributed by atoms with E-state index in [1.54, 1.807) is 6.07 Å². The van der Waals surface area contributed by atoms with E-state index in [4.69, 9.17) is 5.26 Å². The van der Waals surface area contributed by atoms with Gasteiger partial charge in [-0.1, -0.05) is 24.6 Å². The third-order valence-electron chi connectivity index (χ3n) is 3.53. The number of benzene rings is 1. The molecule has 0 spiro atoms. The van der Waals surface area contributed by atoms with Gasteiger partial charge in [0.25, 0.3) is 0 Å². The molecule has 2 unspecified atom stereocenters. The zero-order chi connectivity index (χ0) is 14.8. The monoisotopic (exact) mass is 295 g/mol. The van der Waals surface area contributed by atoms with Crippen LogP contribution in [0.25, 0.3) is 0 Å². The third kappa shape index (κ3) is 2.73. The zero-order valence-electron chi connectivity index (χ0n) is 10.8. The topological polar surface area (TPSA) is 75.0 Å². The minimum absolute atomic E-state index is 0.0428. The van der Waals surface area contributed by atoms with Crippen LogP contribution < -0.4 is 0 Å². The number of hydrogen-bond donors (Lipinski definition) is 0. The molecule has 0 aromatic heterocycles. The summed E-state index contributed by atoms with van der Waals surface area (Å²) in [5.74, 6) is -2.79. The Balaban J connectivity index is 2.36. The van der Waals surface area contributed by atoms with Crippen molar-refractivity contribution in [3.63, 3.8) is 0 Å². The highest BCUT2D eigenvalue weighted by Crippen LogP contribution is 2.28. The first-order chi connectivity index (χ1) is 9.47. The second-order valence-corrected chi connectivity index (χ2v) is 7.14. The third-order valence-corrected chi connectivity index (χ3v) is 5.72. The SMILES string of the molecule is N#CC(C(=O)C1CCCCS1(=O)=O)c1ccccc1F. The predicted molar refractivity (Wildman–Crippen MR) is 71.2 cm³/mol. The van der Waals surface area contributed by atoms with E-state index in [1.807, 2.05) is 0 Å². The van der Waals surface area contributed by atoms with Gasteiger partial charge in [-0.05, 0) is 18.9 Å². The fourth-order valence-corrected chi connectivity index (χ4v) is 4.36. The molecule has 0 saturated carbocycles. The second-order valence-electron chi connectivity index (χ2n) is 4.84. The predicted octanol–water partition coefficient (Wildman–Crippen LogP) is 1.97. The van der Waals surface area contributed by atoms with Crippen LogP contribution in [0.5, 0.6) is 0 Å². The molecule has 1 fully saturated rings. The Kier molecular flexibility index (Phi) is 4.19. The summed E-state index contributed by atoms with van der Waals surface area (Å²) in [6.45, 7) is 0. The summed E-state index contributed by atoms with van der Waals surface area (Å²) < 4.78 is 37.6. The van der Waals surface area contributed by atoms with Crippen molar-refractivity contribution in [2.45, 2.75) is 30.4 Å². The van der Waals surface area contributed by atoms with Crippen molar-refractivity contribution < 1.29 is 17.6 Å². The number of Topliss-reactive ketones (excluding diaryl/α,β-unsaturated/α-hetero) is 1. The van der Waals surface area contributed by atoms with Crippen LogP contribution in [-0.4, -0.2) is 25.2 Å². The Morgan fingerprint density at radius 3 is 2.65 bits per heavy atom. The van der Waals surface area contributed by atoms with E-state index in [0.717, 1.165) is 6.07 Å². The Labute approximate surface area is 117 Å². The van der Waals surface area contributed by atoms with Crippen molar-refractivity contribution in [3.8, 4) is 6.07 Å². The number of ketones is 1. The van der Waals surface area contributed by atoms with E-state index < -0.39 is 32.6 Å². The molecule has 1 aromatic carbocycles. The summed E-state index contributed by atoms with van der Waals surface area (Å²) in [6.07, 6.45) is 1.38. The lowest BCUT2D eigenvalue weighted by molar-refractivity contribution is -0.119. The number of carbonyl (C=O) groups is 1. The van der Waals surface area contributed by atoms with Crippen molar-refractivity contribution in [2.75, 3.05) is 5.75 Å². The number of rotatable bonds is 3. The average molecular weight is 295 g/mol. The van der Waals surface area contributed by atoms with Gasteiger partial charge in [0.15, 0.2) is 15.6 Å². The van der Waals surface area contributed by atoms with Crippen LogP contribution in [0, 0.1) is 17.1 Å². The maximum absolute atomic E-state index is 13.7. The maximum atomic E-state index is 13.7. The minimum atomic E-state index is -3.52. The van der Waals surface area contributed by atoms with Crippen LogP contribution in [0.2, 0.25) is 0 Å². The molecule has 6 heteroatoms. The largest absolute Gasteiger partial charge is 0.296 e. The van der Waals surface area contributed by atoms with Crippen LogP contribution in [-0.2, 0) is 14.6 Å². The van der Waals surface area contributed by atoms with Crippen LogP contribution >= 0.6 is 0 Å². The van der Waals surface area contributed by atoms with Crippen molar-refractivity contribution in [3.05, 3.63) is 35.6 Å². The molecule has 0 bridgehead atoms. The van der Waals surface area contributed by atoms with Gasteiger partial charge in [-0.15, -0.1) is 0 Å². The number of nitrogens with zero attached hydrogens (tertiary/aromatic N) is 1. The van der Waals surface area contributed by atoms with E-state index in [1.165, 1.54) is 18.2 Å². The summed E-state index contributed by atoms with van der Waals surface area (Å²) >= 11 is 0. The number of hydrogen-bond acceptors (Lipinski definition) is 4. The number of nitriles is 1. The summed E-state index contributed by atoms with van der Waals surface area (Å²) in [5, 5.41) is 7.96. The first kappa shape index (κ1) is 14.7. The molecule has 1 aliphatic rings. The van der Waals surface area contributed by atoms with Crippen LogP contribution in [0.15, 0.2) is 24.3 Å². The van der Waals surface area contributed by atoms with E-state index in [2.05, 4.69) is 0 Å². The smallest absolute Gasteiger partial charge is 0.172 e. The zero-order valence-corrected chi connectivity index (χ0v) is 11.6. The number of sulfone groups is 1. The molecule has 1 saturated heterocycles. The fraction of sp³-hybridized carbons (Fsp3) is 0.429. The summed E-state index contributed by atoms with van der Waals surface area (Å²) in [4.78, 5) is 12.3. The van der Waals surface area contributed by atoms with Gasteiger partial charge in [0, 0.05) is 5.56 Å². The van der Waals surface area contributed by atoms with E-state index in [9.17, 15) is 17.6 Å². The van der Waals surface area contributed by atoms with E-state index >= 15 is 0 Å². The van der Waals surface area contributed by atoms with Gasteiger partial charge in [-0.3, -0.25) is 4.79 Å². The average Bonchev–Trinajstić information content (AvgIpc) is 2.41. The number of halogens is 1. The second kappa shape index (κ2) is 5.71. The lowest BCUT2D eigenvalue weighted by Crippen LogP contribution is -2.38. The maximum Gasteiger partial charge on any atom is 0.172 e. The molecule has 1 aliphatic heterocycles. The standard InChI is InChI=1S/C14H14FNO3S/c15-12-6-2-1-5-10(12)11(9-16)14(17)13-7-3-4-8-20(13,18)19/h1-2,5-6,11,13H,3-4,7-8H2. The van der Waals surface area contributed by atoms with Crippen LogP contribution in [0.3, 0.4) is 0 Å². The van der Waals surface area contributed by atoms with Crippen molar-refractivity contribution >= 4 is 15.6 Å². The van der Waals surface area contributed by atoms with Crippen molar-refractivity contribution in [2.24, 2.45) is 0 Å². The molecule has 0 radical (unpaired) electrons. The summed E-state index contributed by atoms with van der Waals surface area (Å²) in [5.41, 5.74) is -0.0548. The fourth-order valence-electron chi connectivity index (χ4n) is 2.46. The highest BCUT2D eigenvalue weighted by Gasteiger charge is 2.39. The lowest BCUT2D eigenvalue weighted by Gasteiger charge is -2.23. The first-order valence-corrected chi connectivity index (χ1v) is 8.08. The first-order valence-electron chi connectivity index (χ1n) is 6.36. The van der Waals surface area contributed by atoms with Gasteiger partial charge in [-0.2, -0.15) is 5.26 Å². The van der Waals surface area contributed by atoms with Crippen LogP contribution in [0.4, 0.5) is 4.39 Å². The number of carbonyl (C=O) groups excluding carboxylic acids is 1. The van der Waals surface area contributed by atoms with Gasteiger partial charge in [0.1, 0.15) is 17.0 Å². The van der Waals surface area contributed by atoms with Crippen molar-refractivity contribution in [1.82, 2.24) is 0 Å². The molecular weight excluding hydrogens is 281 g/mol. The van der Waals surface area contributed by atoms with Gasteiger partial charge >= 0.3 is 0 Å². The molecule has 2 rings (SSSR count). The van der Waals surface area contributed by atoms with Gasteiger partial charge in [-0.25, -0.2) is 12.8 Å². The Bertz CT molecular complexity index is 663. The minimum Gasteiger partial charge on any atom is -0.296 e. The summed E-state index contributed by atoms with van der Waals surface area (Å²) in [6, 6.07) is 7.21. The van der Waals surface area contributed by atoms with E-state index in [0.29, 0.717) is 12.8 Å². The highest BCUT2D eigenvalue weighted by molar-refractivity contribution is 7.92. The van der Waals surface area contributed by atoms with Gasteiger partial charge in [0.05, 0.1) is 11.8 Å². The molecule has 0 N–H and O–H groups in total. The van der Waals surface area contributed by atoms with Crippen LogP contribution in [0.1, 0.15) is 30.7 Å². The lowest BCUT2D eigenvalue weighted by atomic mass is 9.92. The molecule has 0 amide bonds. The Morgan fingerprint density at radius 2 is 2.05 bits per heavy atom. The summed E-state index contributed by atoms with van der Waals surface area (Å²) in [7, 11) is -3.52. The molecular formula is C14H14FNO3S. The van der Waals surface area contributed by atoms with Crippen molar-refractivity contribution in [1.29, 1.82) is 5.26 Å². The molecule has 106 valence electrons. The molecule has 0 aliphatic carbocycles. The molecule has 1 aromatic rings. The van der Waals surface area contributed by atoms with Gasteiger partial charge in [0.2, 0.25) is 0 Å². The Hall–Kier alpha value is -1.74. The molecule has 20 heavy (non-hydrogen) atoms. The molecule has 1 heterocycles. The van der Waals surface area contributed by atoms with Gasteiger partial charge < -0.3 is 0 Å². The quantitative estimate of drug-likeness (QED) is 0.854. The van der Waals surface area contributed by atoms with E-state index in [-0.39, 0.29) is 17.7 Å². The Morgan fingerprint density at radius 1 is 1.35 bits per heavy atom. The highest BCUT2D eigenvalue weighted by atomic mass is 32.2.